The molecule has 0 bridgehead atoms. The summed E-state index contributed by atoms with van der Waals surface area (Å²) < 4.78 is 4.91. The highest BCUT2D eigenvalue weighted by Crippen LogP contribution is 2.15. The van der Waals surface area contributed by atoms with Crippen molar-refractivity contribution < 1.29 is 14.3 Å². The van der Waals surface area contributed by atoms with Gasteiger partial charge in [-0.1, -0.05) is 0 Å². The van der Waals surface area contributed by atoms with Crippen LogP contribution >= 0.6 is 0 Å². The number of nitrogens with one attached hydrogen (secondary N) is 1. The molecule has 0 aromatic carbocycles. The maximum Gasteiger partial charge on any atom is 0.325 e. The fourth-order valence-electron chi connectivity index (χ4n) is 1.59. The molecule has 0 unspecified atom stereocenters. The lowest BCUT2D eigenvalue weighted by atomic mass is 10.2. The quantitative estimate of drug-likeness (QED) is 0.655. The van der Waals surface area contributed by atoms with Crippen molar-refractivity contribution in [3.8, 4) is 0 Å². The van der Waals surface area contributed by atoms with Crippen LogP contribution in [0.15, 0.2) is 0 Å². The highest BCUT2D eigenvalue weighted by Gasteiger charge is 2.32. The molecule has 0 aliphatic carbocycles. The van der Waals surface area contributed by atoms with Crippen LogP contribution in [0.1, 0.15) is 26.7 Å². The average molecular weight is 200 g/mol. The molecule has 1 N–H and O–H groups in total. The Hall–Kier alpha value is -1.10. The van der Waals surface area contributed by atoms with Gasteiger partial charge in [-0.25, -0.2) is 5.01 Å². The second-order valence-corrected chi connectivity index (χ2v) is 3.27. The van der Waals surface area contributed by atoms with E-state index < -0.39 is 0 Å². The topological polar surface area (TPSA) is 58.6 Å². The van der Waals surface area contributed by atoms with Gasteiger partial charge in [-0.3, -0.25) is 15.0 Å². The Morgan fingerprint density at radius 1 is 1.57 bits per heavy atom. The average Bonchev–Trinajstić information content (AvgIpc) is 2.51. The Morgan fingerprint density at radius 2 is 2.29 bits per heavy atom. The molecular formula is C9H16N2O3. The summed E-state index contributed by atoms with van der Waals surface area (Å²) in [6.45, 7) is 4.29. The molecule has 1 heterocycles. The van der Waals surface area contributed by atoms with Gasteiger partial charge >= 0.3 is 5.97 Å². The van der Waals surface area contributed by atoms with Crippen LogP contribution in [0.5, 0.6) is 0 Å². The van der Waals surface area contributed by atoms with E-state index in [9.17, 15) is 9.59 Å². The molecule has 1 atom stereocenters. The summed E-state index contributed by atoms with van der Waals surface area (Å²) in [5.41, 5.74) is 2.62. The zero-order valence-corrected chi connectivity index (χ0v) is 8.58. The predicted molar refractivity (Wildman–Crippen MR) is 50.2 cm³/mol. The first-order valence-electron chi connectivity index (χ1n) is 4.85. The van der Waals surface area contributed by atoms with E-state index in [1.54, 1.807) is 11.9 Å². The molecule has 0 saturated carbocycles. The third-order valence-electron chi connectivity index (χ3n) is 2.11. The van der Waals surface area contributed by atoms with Gasteiger partial charge in [-0.2, -0.15) is 0 Å². The lowest BCUT2D eigenvalue weighted by molar-refractivity contribution is -0.150. The van der Waals surface area contributed by atoms with Gasteiger partial charge in [0.05, 0.1) is 6.61 Å². The molecule has 80 valence electrons. The zero-order chi connectivity index (χ0) is 10.6. The highest BCUT2D eigenvalue weighted by molar-refractivity contribution is 5.77. The smallest absolute Gasteiger partial charge is 0.325 e. The molecule has 0 aromatic heterocycles. The van der Waals surface area contributed by atoms with Crippen molar-refractivity contribution in [1.29, 1.82) is 0 Å². The van der Waals surface area contributed by atoms with E-state index in [-0.39, 0.29) is 17.9 Å². The molecule has 1 rings (SSSR count). The Labute approximate surface area is 83.4 Å². The minimum absolute atomic E-state index is 0.152. The van der Waals surface area contributed by atoms with Gasteiger partial charge in [-0.15, -0.1) is 0 Å². The number of esters is 1. The van der Waals surface area contributed by atoms with E-state index in [4.69, 9.17) is 4.74 Å². The van der Waals surface area contributed by atoms with Crippen molar-refractivity contribution in [2.24, 2.45) is 0 Å². The van der Waals surface area contributed by atoms with E-state index in [2.05, 4.69) is 5.43 Å². The number of carbonyl (C=O) groups is 2. The Kier molecular flexibility index (Phi) is 3.88. The van der Waals surface area contributed by atoms with Gasteiger partial charge in [-0.05, 0) is 19.8 Å². The number of ether oxygens (including phenoxy) is 1. The molecule has 1 fully saturated rings. The molecule has 1 aliphatic heterocycles. The third kappa shape index (κ3) is 2.70. The van der Waals surface area contributed by atoms with Gasteiger partial charge in [0.15, 0.2) is 0 Å². The van der Waals surface area contributed by atoms with Crippen molar-refractivity contribution in [2.75, 3.05) is 13.2 Å². The standard InChI is InChI=1S/C9H16N2O3/c1-3-14-9(13)8-5-4-6-11(8)10-7(2)12/h8H,3-6H2,1-2H3,(H,10,12)/t8-/m0/s1. The van der Waals surface area contributed by atoms with Crippen LogP contribution in [0.4, 0.5) is 0 Å². The molecule has 0 aromatic rings. The molecule has 1 saturated heterocycles. The summed E-state index contributed by atoms with van der Waals surface area (Å²) in [6.07, 6.45) is 1.66. The summed E-state index contributed by atoms with van der Waals surface area (Å²) in [6, 6.07) is -0.307. The summed E-state index contributed by atoms with van der Waals surface area (Å²) in [4.78, 5) is 22.2. The number of carbonyl (C=O) groups excluding carboxylic acids is 2. The van der Waals surface area contributed by atoms with E-state index >= 15 is 0 Å². The summed E-state index contributed by atoms with van der Waals surface area (Å²) >= 11 is 0. The Bertz CT molecular complexity index is 230. The maximum absolute atomic E-state index is 11.4. The lowest BCUT2D eigenvalue weighted by Crippen LogP contribution is -2.48. The normalized spacial score (nSPS) is 22.0. The van der Waals surface area contributed by atoms with Crippen LogP contribution in [-0.2, 0) is 14.3 Å². The number of rotatable bonds is 3. The van der Waals surface area contributed by atoms with Crippen molar-refractivity contribution in [1.82, 2.24) is 10.4 Å². The van der Waals surface area contributed by atoms with E-state index in [0.717, 1.165) is 12.8 Å². The van der Waals surface area contributed by atoms with E-state index in [1.807, 2.05) is 0 Å². The van der Waals surface area contributed by atoms with Crippen LogP contribution in [0.25, 0.3) is 0 Å². The fourth-order valence-corrected chi connectivity index (χ4v) is 1.59. The molecule has 1 amide bonds. The monoisotopic (exact) mass is 200 g/mol. The third-order valence-corrected chi connectivity index (χ3v) is 2.11. The predicted octanol–water partition coefficient (Wildman–Crippen LogP) is 0.0650. The van der Waals surface area contributed by atoms with Crippen molar-refractivity contribution in [3.63, 3.8) is 0 Å². The summed E-state index contributed by atoms with van der Waals surface area (Å²) in [5, 5.41) is 1.65. The van der Waals surface area contributed by atoms with E-state index in [1.165, 1.54) is 6.92 Å². The zero-order valence-electron chi connectivity index (χ0n) is 8.58. The minimum Gasteiger partial charge on any atom is -0.465 e. The molecule has 5 nitrogen and oxygen atoms in total. The van der Waals surface area contributed by atoms with Crippen LogP contribution in [-0.4, -0.2) is 36.1 Å². The molecule has 14 heavy (non-hydrogen) atoms. The maximum atomic E-state index is 11.4. The van der Waals surface area contributed by atoms with Crippen LogP contribution in [0, 0.1) is 0 Å². The number of amides is 1. The SMILES string of the molecule is CCOC(=O)[C@@H]1CCCN1NC(C)=O. The second kappa shape index (κ2) is 4.95. The molecule has 0 radical (unpaired) electrons. The minimum atomic E-state index is -0.307. The van der Waals surface area contributed by atoms with E-state index in [0.29, 0.717) is 13.2 Å². The Balaban J connectivity index is 2.50. The van der Waals surface area contributed by atoms with Crippen LogP contribution in [0.2, 0.25) is 0 Å². The second-order valence-electron chi connectivity index (χ2n) is 3.27. The van der Waals surface area contributed by atoms with Gasteiger partial charge in [0.1, 0.15) is 6.04 Å². The molecular weight excluding hydrogens is 184 g/mol. The Morgan fingerprint density at radius 3 is 2.86 bits per heavy atom. The largest absolute Gasteiger partial charge is 0.465 e. The van der Waals surface area contributed by atoms with Crippen LogP contribution in [0.3, 0.4) is 0 Å². The molecule has 5 heteroatoms. The van der Waals surface area contributed by atoms with Gasteiger partial charge in [0, 0.05) is 13.5 Å². The number of hydrazine groups is 1. The first-order chi connectivity index (χ1) is 6.65. The number of hydrogen-bond acceptors (Lipinski definition) is 4. The highest BCUT2D eigenvalue weighted by atomic mass is 16.5. The van der Waals surface area contributed by atoms with Crippen molar-refractivity contribution in [3.05, 3.63) is 0 Å². The van der Waals surface area contributed by atoms with Gasteiger partial charge in [0.2, 0.25) is 5.91 Å². The lowest BCUT2D eigenvalue weighted by Gasteiger charge is -2.22. The fraction of sp³-hybridized carbons (Fsp3) is 0.778. The molecule has 0 spiro atoms. The van der Waals surface area contributed by atoms with Gasteiger partial charge < -0.3 is 4.74 Å². The van der Waals surface area contributed by atoms with Gasteiger partial charge in [0.25, 0.3) is 0 Å². The summed E-state index contributed by atoms with van der Waals surface area (Å²) in [7, 11) is 0. The number of nitrogens with zero attached hydrogens (tertiary/aromatic N) is 1. The first kappa shape index (κ1) is 11.0. The summed E-state index contributed by atoms with van der Waals surface area (Å²) in [5.74, 6) is -0.403. The first-order valence-corrected chi connectivity index (χ1v) is 4.85. The molecule has 1 aliphatic rings. The van der Waals surface area contributed by atoms with Crippen molar-refractivity contribution >= 4 is 11.9 Å². The number of hydrogen-bond donors (Lipinski definition) is 1. The van der Waals surface area contributed by atoms with Crippen molar-refractivity contribution in [2.45, 2.75) is 32.7 Å². The van der Waals surface area contributed by atoms with Crippen LogP contribution < -0.4 is 5.43 Å².